The highest BCUT2D eigenvalue weighted by Crippen LogP contribution is 2.27. The van der Waals surface area contributed by atoms with E-state index in [4.69, 9.17) is 15.2 Å². The molecule has 1 aromatic carbocycles. The molecule has 0 fully saturated rings. The summed E-state index contributed by atoms with van der Waals surface area (Å²) in [4.78, 5) is 3.90. The van der Waals surface area contributed by atoms with Crippen molar-refractivity contribution in [1.29, 1.82) is 0 Å². The second kappa shape index (κ2) is 5.07. The van der Waals surface area contributed by atoms with Crippen LogP contribution in [0.2, 0.25) is 0 Å². The van der Waals surface area contributed by atoms with Crippen LogP contribution in [0.5, 0.6) is 5.75 Å². The smallest absolute Gasteiger partial charge is 0.282 e. The molecule has 2 rings (SSSR count). The molecule has 1 aliphatic rings. The predicted octanol–water partition coefficient (Wildman–Crippen LogP) is 2.22. The lowest BCUT2D eigenvalue weighted by Crippen LogP contribution is -2.24. The van der Waals surface area contributed by atoms with E-state index in [-0.39, 0.29) is 35.7 Å². The highest BCUT2D eigenvalue weighted by atomic mass is 19.1. The van der Waals surface area contributed by atoms with E-state index in [1.54, 1.807) is 6.07 Å². The van der Waals surface area contributed by atoms with Crippen molar-refractivity contribution < 1.29 is 13.9 Å². The quantitative estimate of drug-likeness (QED) is 0.912. The molecule has 0 amide bonds. The standard InChI is InChI=1S/C14H19FN2O2/c1-14(2,3)9-4-5-12(11(15)6-9)18-8-10-7-17-13(16)19-10/h4-6,10H,7-8H2,1-3H3,(H2,16,17)/t10-/m0/s1. The van der Waals surface area contributed by atoms with Gasteiger partial charge in [-0.25, -0.2) is 9.38 Å². The Hall–Kier alpha value is -1.78. The van der Waals surface area contributed by atoms with Gasteiger partial charge in [-0.15, -0.1) is 0 Å². The maximum absolute atomic E-state index is 13.9. The topological polar surface area (TPSA) is 56.8 Å². The first-order chi connectivity index (χ1) is 8.86. The van der Waals surface area contributed by atoms with Crippen molar-refractivity contribution in [2.45, 2.75) is 32.3 Å². The van der Waals surface area contributed by atoms with E-state index in [0.29, 0.717) is 6.54 Å². The maximum Gasteiger partial charge on any atom is 0.282 e. The fourth-order valence-corrected chi connectivity index (χ4v) is 1.79. The Labute approximate surface area is 112 Å². The van der Waals surface area contributed by atoms with Gasteiger partial charge < -0.3 is 15.2 Å². The Morgan fingerprint density at radius 1 is 1.47 bits per heavy atom. The monoisotopic (exact) mass is 266 g/mol. The molecule has 0 saturated carbocycles. The average Bonchev–Trinajstić information content (AvgIpc) is 2.72. The molecule has 1 atom stereocenters. The SMILES string of the molecule is CC(C)(C)c1ccc(OC[C@@H]2CN=C(N)O2)c(F)c1. The minimum atomic E-state index is -0.362. The number of aliphatic imine (C=N–C) groups is 1. The largest absolute Gasteiger partial charge is 0.487 e. The lowest BCUT2D eigenvalue weighted by Gasteiger charge is -2.20. The summed E-state index contributed by atoms with van der Waals surface area (Å²) < 4.78 is 24.5. The summed E-state index contributed by atoms with van der Waals surface area (Å²) in [5, 5.41) is 0. The third-order valence-electron chi connectivity index (χ3n) is 2.96. The summed E-state index contributed by atoms with van der Waals surface area (Å²) in [5.41, 5.74) is 6.24. The van der Waals surface area contributed by atoms with E-state index in [1.807, 2.05) is 26.8 Å². The molecule has 0 bridgehead atoms. The molecule has 19 heavy (non-hydrogen) atoms. The minimum absolute atomic E-state index is 0.0871. The molecule has 104 valence electrons. The molecular formula is C14H19FN2O2. The molecule has 0 aliphatic carbocycles. The van der Waals surface area contributed by atoms with Crippen LogP contribution < -0.4 is 10.5 Å². The molecule has 1 aliphatic heterocycles. The lowest BCUT2D eigenvalue weighted by atomic mass is 9.87. The van der Waals surface area contributed by atoms with Crippen LogP contribution in [0, 0.1) is 5.82 Å². The summed E-state index contributed by atoms with van der Waals surface area (Å²) in [7, 11) is 0. The molecule has 0 spiro atoms. The molecule has 0 saturated heterocycles. The van der Waals surface area contributed by atoms with Crippen LogP contribution in [0.4, 0.5) is 4.39 Å². The van der Waals surface area contributed by atoms with Crippen LogP contribution in [0.1, 0.15) is 26.3 Å². The van der Waals surface area contributed by atoms with Gasteiger partial charge >= 0.3 is 0 Å². The van der Waals surface area contributed by atoms with Crippen LogP contribution >= 0.6 is 0 Å². The Bertz CT molecular complexity index is 495. The first-order valence-corrected chi connectivity index (χ1v) is 6.25. The van der Waals surface area contributed by atoms with E-state index in [0.717, 1.165) is 5.56 Å². The zero-order valence-corrected chi connectivity index (χ0v) is 11.4. The van der Waals surface area contributed by atoms with Crippen LogP contribution in [0.25, 0.3) is 0 Å². The zero-order chi connectivity index (χ0) is 14.0. The van der Waals surface area contributed by atoms with Gasteiger partial charge in [0.2, 0.25) is 0 Å². The van der Waals surface area contributed by atoms with E-state index in [9.17, 15) is 4.39 Å². The van der Waals surface area contributed by atoms with Crippen molar-refractivity contribution in [2.75, 3.05) is 13.2 Å². The number of amidine groups is 1. The molecule has 0 radical (unpaired) electrons. The van der Waals surface area contributed by atoms with Crippen LogP contribution in [0.3, 0.4) is 0 Å². The van der Waals surface area contributed by atoms with Gasteiger partial charge in [0.05, 0.1) is 6.54 Å². The fraction of sp³-hybridized carbons (Fsp3) is 0.500. The first-order valence-electron chi connectivity index (χ1n) is 6.25. The summed E-state index contributed by atoms with van der Waals surface area (Å²) >= 11 is 0. The van der Waals surface area contributed by atoms with Gasteiger partial charge in [0.15, 0.2) is 17.7 Å². The van der Waals surface area contributed by atoms with Gasteiger partial charge in [0, 0.05) is 0 Å². The number of benzene rings is 1. The Balaban J connectivity index is 1.98. The normalized spacial score (nSPS) is 18.9. The van der Waals surface area contributed by atoms with Gasteiger partial charge in [-0.1, -0.05) is 26.8 Å². The number of hydrogen-bond donors (Lipinski definition) is 1. The number of halogens is 1. The predicted molar refractivity (Wildman–Crippen MR) is 72.0 cm³/mol. The van der Waals surface area contributed by atoms with E-state index in [1.165, 1.54) is 6.07 Å². The van der Waals surface area contributed by atoms with Crippen LogP contribution in [-0.2, 0) is 10.2 Å². The van der Waals surface area contributed by atoms with E-state index < -0.39 is 0 Å². The number of ether oxygens (including phenoxy) is 2. The molecule has 5 heteroatoms. The Kier molecular flexibility index (Phi) is 3.64. The highest BCUT2D eigenvalue weighted by molar-refractivity contribution is 5.73. The van der Waals surface area contributed by atoms with Crippen molar-refractivity contribution in [1.82, 2.24) is 0 Å². The first kappa shape index (κ1) is 13.6. The second-order valence-electron chi connectivity index (χ2n) is 5.62. The maximum atomic E-state index is 13.9. The molecule has 4 nitrogen and oxygen atoms in total. The average molecular weight is 266 g/mol. The van der Waals surface area contributed by atoms with Gasteiger partial charge in [-0.05, 0) is 23.1 Å². The van der Waals surface area contributed by atoms with Gasteiger partial charge in [-0.3, -0.25) is 0 Å². The Morgan fingerprint density at radius 2 is 2.21 bits per heavy atom. The number of nitrogens with zero attached hydrogens (tertiary/aromatic N) is 1. The third-order valence-corrected chi connectivity index (χ3v) is 2.96. The lowest BCUT2D eigenvalue weighted by molar-refractivity contribution is 0.138. The molecule has 2 N–H and O–H groups in total. The second-order valence-corrected chi connectivity index (χ2v) is 5.62. The van der Waals surface area contributed by atoms with Crippen molar-refractivity contribution in [3.63, 3.8) is 0 Å². The van der Waals surface area contributed by atoms with Gasteiger partial charge in [0.1, 0.15) is 6.61 Å². The fourth-order valence-electron chi connectivity index (χ4n) is 1.79. The van der Waals surface area contributed by atoms with Crippen molar-refractivity contribution in [3.05, 3.63) is 29.6 Å². The van der Waals surface area contributed by atoms with Crippen LogP contribution in [0.15, 0.2) is 23.2 Å². The van der Waals surface area contributed by atoms with Crippen LogP contribution in [-0.4, -0.2) is 25.3 Å². The summed E-state index contributed by atoms with van der Waals surface area (Å²) in [6.45, 7) is 6.79. The Morgan fingerprint density at radius 3 is 2.74 bits per heavy atom. The van der Waals surface area contributed by atoms with Crippen molar-refractivity contribution >= 4 is 6.02 Å². The zero-order valence-electron chi connectivity index (χ0n) is 11.4. The molecule has 1 heterocycles. The summed E-state index contributed by atoms with van der Waals surface area (Å²) in [5.74, 6) is -0.138. The van der Waals surface area contributed by atoms with Gasteiger partial charge in [0.25, 0.3) is 6.02 Å². The van der Waals surface area contributed by atoms with Crippen molar-refractivity contribution in [3.8, 4) is 5.75 Å². The number of hydrogen-bond acceptors (Lipinski definition) is 4. The van der Waals surface area contributed by atoms with Crippen molar-refractivity contribution in [2.24, 2.45) is 10.7 Å². The minimum Gasteiger partial charge on any atom is -0.487 e. The summed E-state index contributed by atoms with van der Waals surface area (Å²) in [6.07, 6.45) is -0.235. The highest BCUT2D eigenvalue weighted by Gasteiger charge is 2.20. The summed E-state index contributed by atoms with van der Waals surface area (Å²) in [6, 6.07) is 5.20. The van der Waals surface area contributed by atoms with Gasteiger partial charge in [-0.2, -0.15) is 0 Å². The third kappa shape index (κ3) is 3.36. The van der Waals surface area contributed by atoms with E-state index >= 15 is 0 Å². The molecular weight excluding hydrogens is 247 g/mol. The molecule has 0 unspecified atom stereocenters. The molecule has 0 aromatic heterocycles. The van der Waals surface area contributed by atoms with E-state index in [2.05, 4.69) is 4.99 Å². The molecule has 1 aromatic rings. The number of nitrogens with two attached hydrogens (primary N) is 1. The number of rotatable bonds is 3.